The first-order valence-corrected chi connectivity index (χ1v) is 8.10. The van der Waals surface area contributed by atoms with E-state index in [1.165, 1.54) is 38.5 Å². The van der Waals surface area contributed by atoms with E-state index in [1.807, 2.05) is 18.2 Å². The minimum absolute atomic E-state index is 0.505. The molecule has 5 nitrogen and oxygen atoms in total. The van der Waals surface area contributed by atoms with E-state index in [-0.39, 0.29) is 0 Å². The van der Waals surface area contributed by atoms with Gasteiger partial charge in [0.25, 0.3) is 0 Å². The Hall–Kier alpha value is -2.17. The molecule has 5 heteroatoms. The molecule has 0 atom stereocenters. The Morgan fingerprint density at radius 2 is 1.82 bits per heavy atom. The highest BCUT2D eigenvalue weighted by Crippen LogP contribution is 2.21. The minimum Gasteiger partial charge on any atom is -0.366 e. The van der Waals surface area contributed by atoms with Gasteiger partial charge in [-0.25, -0.2) is 0 Å². The topological polar surface area (TPSA) is 62.7 Å². The van der Waals surface area contributed by atoms with Gasteiger partial charge < -0.3 is 10.6 Å². The molecule has 1 aromatic heterocycles. The second kappa shape index (κ2) is 7.20. The Bertz CT molecular complexity index is 606. The summed E-state index contributed by atoms with van der Waals surface area (Å²) in [5, 5.41) is 14.9. The summed E-state index contributed by atoms with van der Waals surface area (Å²) in [4.78, 5) is 4.54. The summed E-state index contributed by atoms with van der Waals surface area (Å²) in [5.74, 6) is 1.34. The van der Waals surface area contributed by atoms with Crippen molar-refractivity contribution in [2.24, 2.45) is 0 Å². The van der Waals surface area contributed by atoms with E-state index in [9.17, 15) is 0 Å². The number of hydrogen-bond acceptors (Lipinski definition) is 5. The SMILES string of the molecule is Cc1ccccc1Nc1nncc(NC2CCCCCC2)n1. The zero-order valence-electron chi connectivity index (χ0n) is 13.0. The Labute approximate surface area is 131 Å². The molecule has 2 aromatic rings. The molecule has 0 amide bonds. The molecular weight excluding hydrogens is 274 g/mol. The maximum absolute atomic E-state index is 4.54. The molecule has 0 bridgehead atoms. The fourth-order valence-electron chi connectivity index (χ4n) is 2.89. The normalized spacial score (nSPS) is 16.0. The molecule has 1 heterocycles. The number of rotatable bonds is 4. The lowest BCUT2D eigenvalue weighted by Crippen LogP contribution is -2.19. The number of hydrogen-bond donors (Lipinski definition) is 2. The van der Waals surface area contributed by atoms with Crippen LogP contribution in [0.1, 0.15) is 44.1 Å². The van der Waals surface area contributed by atoms with Crippen molar-refractivity contribution < 1.29 is 0 Å². The highest BCUT2D eigenvalue weighted by atomic mass is 15.3. The van der Waals surface area contributed by atoms with Gasteiger partial charge in [0.2, 0.25) is 5.95 Å². The molecule has 0 saturated heterocycles. The zero-order valence-corrected chi connectivity index (χ0v) is 13.0. The summed E-state index contributed by atoms with van der Waals surface area (Å²) in [7, 11) is 0. The quantitative estimate of drug-likeness (QED) is 0.833. The lowest BCUT2D eigenvalue weighted by atomic mass is 10.1. The van der Waals surface area contributed by atoms with Gasteiger partial charge in [-0.3, -0.25) is 0 Å². The van der Waals surface area contributed by atoms with Crippen LogP contribution in [0.15, 0.2) is 30.5 Å². The Balaban J connectivity index is 1.68. The molecule has 1 saturated carbocycles. The summed E-state index contributed by atoms with van der Waals surface area (Å²) in [6, 6.07) is 8.60. The maximum Gasteiger partial charge on any atom is 0.249 e. The summed E-state index contributed by atoms with van der Waals surface area (Å²) in [6.45, 7) is 2.06. The second-order valence-corrected chi connectivity index (χ2v) is 5.94. The fraction of sp³-hybridized carbons (Fsp3) is 0.471. The summed E-state index contributed by atoms with van der Waals surface area (Å²) < 4.78 is 0. The number of aryl methyl sites for hydroxylation is 1. The Morgan fingerprint density at radius 3 is 2.59 bits per heavy atom. The van der Waals surface area contributed by atoms with Gasteiger partial charge in [0.05, 0.1) is 6.20 Å². The molecule has 0 radical (unpaired) electrons. The van der Waals surface area contributed by atoms with Crippen molar-refractivity contribution in [1.82, 2.24) is 15.2 Å². The molecule has 1 aromatic carbocycles. The lowest BCUT2D eigenvalue weighted by molar-refractivity contribution is 0.617. The standard InChI is InChI=1S/C17H23N5/c1-13-8-6-7-11-15(13)20-17-21-16(12-18-22-17)19-14-9-4-2-3-5-10-14/h6-8,11-12,14H,2-5,9-10H2,1H3,(H2,19,20,21,22). The predicted molar refractivity (Wildman–Crippen MR) is 89.4 cm³/mol. The van der Waals surface area contributed by atoms with Crippen LogP contribution >= 0.6 is 0 Å². The van der Waals surface area contributed by atoms with E-state index in [0.29, 0.717) is 12.0 Å². The molecule has 22 heavy (non-hydrogen) atoms. The molecule has 0 aliphatic heterocycles. The van der Waals surface area contributed by atoms with Crippen molar-refractivity contribution in [3.8, 4) is 0 Å². The first kappa shape index (κ1) is 14.8. The van der Waals surface area contributed by atoms with Gasteiger partial charge in [-0.15, -0.1) is 5.10 Å². The van der Waals surface area contributed by atoms with Gasteiger partial charge >= 0.3 is 0 Å². The van der Waals surface area contributed by atoms with Crippen molar-refractivity contribution in [2.75, 3.05) is 10.6 Å². The van der Waals surface area contributed by atoms with Crippen LogP contribution < -0.4 is 10.6 Å². The Morgan fingerprint density at radius 1 is 1.05 bits per heavy atom. The number of nitrogens with one attached hydrogen (secondary N) is 2. The van der Waals surface area contributed by atoms with E-state index >= 15 is 0 Å². The van der Waals surface area contributed by atoms with E-state index in [0.717, 1.165) is 17.1 Å². The van der Waals surface area contributed by atoms with Crippen LogP contribution in [0.5, 0.6) is 0 Å². The van der Waals surface area contributed by atoms with Gasteiger partial charge in [0, 0.05) is 11.7 Å². The van der Waals surface area contributed by atoms with Crippen LogP contribution in [0.2, 0.25) is 0 Å². The van der Waals surface area contributed by atoms with Crippen molar-refractivity contribution in [1.29, 1.82) is 0 Å². The van der Waals surface area contributed by atoms with Crippen molar-refractivity contribution in [3.63, 3.8) is 0 Å². The number of benzene rings is 1. The molecule has 1 aliphatic rings. The maximum atomic E-state index is 4.54. The first-order chi connectivity index (χ1) is 10.8. The monoisotopic (exact) mass is 297 g/mol. The largest absolute Gasteiger partial charge is 0.366 e. The van der Waals surface area contributed by atoms with Crippen molar-refractivity contribution in [3.05, 3.63) is 36.0 Å². The number of aromatic nitrogens is 3. The van der Waals surface area contributed by atoms with Crippen LogP contribution in [0.3, 0.4) is 0 Å². The molecular formula is C17H23N5. The van der Waals surface area contributed by atoms with E-state index < -0.39 is 0 Å². The average molecular weight is 297 g/mol. The highest BCUT2D eigenvalue weighted by molar-refractivity contribution is 5.58. The van der Waals surface area contributed by atoms with Crippen LogP contribution in [-0.2, 0) is 0 Å². The zero-order chi connectivity index (χ0) is 15.2. The lowest BCUT2D eigenvalue weighted by Gasteiger charge is -2.16. The third kappa shape index (κ3) is 3.93. The molecule has 3 rings (SSSR count). The fourth-order valence-corrected chi connectivity index (χ4v) is 2.89. The summed E-state index contributed by atoms with van der Waals surface area (Å²) in [5.41, 5.74) is 2.17. The molecule has 1 aliphatic carbocycles. The smallest absolute Gasteiger partial charge is 0.249 e. The van der Waals surface area contributed by atoms with E-state index in [1.54, 1.807) is 6.20 Å². The molecule has 1 fully saturated rings. The third-order valence-corrected chi connectivity index (χ3v) is 4.16. The van der Waals surface area contributed by atoms with E-state index in [2.05, 4.69) is 38.8 Å². The molecule has 0 spiro atoms. The number of anilines is 3. The van der Waals surface area contributed by atoms with Crippen molar-refractivity contribution >= 4 is 17.5 Å². The average Bonchev–Trinajstić information content (AvgIpc) is 2.79. The van der Waals surface area contributed by atoms with E-state index in [4.69, 9.17) is 0 Å². The third-order valence-electron chi connectivity index (χ3n) is 4.16. The second-order valence-electron chi connectivity index (χ2n) is 5.94. The number of para-hydroxylation sites is 1. The van der Waals surface area contributed by atoms with Gasteiger partial charge in [-0.1, -0.05) is 43.9 Å². The summed E-state index contributed by atoms with van der Waals surface area (Å²) >= 11 is 0. The Kier molecular flexibility index (Phi) is 4.83. The number of nitrogens with zero attached hydrogens (tertiary/aromatic N) is 3. The van der Waals surface area contributed by atoms with Crippen molar-refractivity contribution in [2.45, 2.75) is 51.5 Å². The highest BCUT2D eigenvalue weighted by Gasteiger charge is 2.13. The van der Waals surface area contributed by atoms with Gasteiger partial charge in [-0.05, 0) is 31.4 Å². The van der Waals surface area contributed by atoms with Crippen LogP contribution in [0.4, 0.5) is 17.5 Å². The predicted octanol–water partition coefficient (Wildman–Crippen LogP) is 4.06. The molecule has 0 unspecified atom stereocenters. The summed E-state index contributed by atoms with van der Waals surface area (Å²) in [6.07, 6.45) is 9.42. The first-order valence-electron chi connectivity index (χ1n) is 8.10. The van der Waals surface area contributed by atoms with Crippen LogP contribution in [0.25, 0.3) is 0 Å². The minimum atomic E-state index is 0.505. The molecule has 2 N–H and O–H groups in total. The van der Waals surface area contributed by atoms with Crippen LogP contribution in [0, 0.1) is 6.92 Å². The van der Waals surface area contributed by atoms with Gasteiger partial charge in [0.1, 0.15) is 0 Å². The molecule has 116 valence electrons. The van der Waals surface area contributed by atoms with Gasteiger partial charge in [0.15, 0.2) is 5.82 Å². The van der Waals surface area contributed by atoms with Crippen LogP contribution in [-0.4, -0.2) is 21.2 Å². The van der Waals surface area contributed by atoms with Gasteiger partial charge in [-0.2, -0.15) is 10.1 Å².